The van der Waals surface area contributed by atoms with E-state index in [-0.39, 0.29) is 0 Å². The second kappa shape index (κ2) is 6.91. The van der Waals surface area contributed by atoms with Gasteiger partial charge in [-0.1, -0.05) is 0 Å². The van der Waals surface area contributed by atoms with E-state index in [2.05, 4.69) is 9.89 Å². The Bertz CT molecular complexity index is 407. The number of rotatable bonds is 5. The molecule has 0 radical (unpaired) electrons. The summed E-state index contributed by atoms with van der Waals surface area (Å²) < 4.78 is 10.9. The minimum atomic E-state index is 0.588. The lowest BCUT2D eigenvalue weighted by molar-refractivity contribution is 0.0322. The van der Waals surface area contributed by atoms with Crippen LogP contribution in [0.4, 0.5) is 5.69 Å². The normalized spacial score (nSPS) is 16.0. The molecule has 18 heavy (non-hydrogen) atoms. The molecule has 1 aliphatic heterocycles. The van der Waals surface area contributed by atoms with Crippen LogP contribution in [-0.2, 0) is 9.53 Å². The van der Waals surface area contributed by atoms with Crippen LogP contribution in [0.2, 0.25) is 0 Å². The average Bonchev–Trinajstić information content (AvgIpc) is 2.42. The first-order valence-electron chi connectivity index (χ1n) is 5.99. The van der Waals surface area contributed by atoms with Gasteiger partial charge in [-0.3, -0.25) is 4.90 Å². The maximum absolute atomic E-state index is 10.1. The predicted molar refractivity (Wildman–Crippen MR) is 67.0 cm³/mol. The summed E-state index contributed by atoms with van der Waals surface area (Å²) in [4.78, 5) is 15.9. The van der Waals surface area contributed by atoms with Gasteiger partial charge in [0.1, 0.15) is 12.4 Å². The summed E-state index contributed by atoms with van der Waals surface area (Å²) in [6.07, 6.45) is 1.51. The van der Waals surface area contributed by atoms with Crippen molar-refractivity contribution in [3.05, 3.63) is 24.3 Å². The molecule has 5 heteroatoms. The smallest absolute Gasteiger partial charge is 0.240 e. The second-order valence-electron chi connectivity index (χ2n) is 4.00. The fraction of sp³-hybridized carbons (Fsp3) is 0.462. The Labute approximate surface area is 106 Å². The monoisotopic (exact) mass is 248 g/mol. The molecule has 0 amide bonds. The minimum Gasteiger partial charge on any atom is -0.492 e. The fourth-order valence-corrected chi connectivity index (χ4v) is 1.79. The summed E-state index contributed by atoms with van der Waals surface area (Å²) >= 11 is 0. The molecule has 0 unspecified atom stereocenters. The lowest BCUT2D eigenvalue weighted by Crippen LogP contribution is -2.38. The predicted octanol–water partition coefficient (Wildman–Crippen LogP) is 1.36. The van der Waals surface area contributed by atoms with E-state index in [1.807, 2.05) is 0 Å². The first-order valence-corrected chi connectivity index (χ1v) is 5.99. The highest BCUT2D eigenvalue weighted by Crippen LogP contribution is 2.17. The third kappa shape index (κ3) is 3.96. The molecule has 0 spiro atoms. The number of carbonyl (C=O) groups excluding carboxylic acids is 1. The van der Waals surface area contributed by atoms with Crippen molar-refractivity contribution in [3.63, 3.8) is 0 Å². The largest absolute Gasteiger partial charge is 0.492 e. The van der Waals surface area contributed by atoms with Crippen LogP contribution in [0, 0.1) is 0 Å². The first kappa shape index (κ1) is 12.8. The molecule has 0 aromatic heterocycles. The zero-order valence-electron chi connectivity index (χ0n) is 10.2. The molecule has 0 aliphatic carbocycles. The SMILES string of the molecule is O=C=Nc1ccc(OCCN2CCOCC2)cc1. The van der Waals surface area contributed by atoms with Crippen LogP contribution in [0.15, 0.2) is 29.3 Å². The van der Waals surface area contributed by atoms with E-state index in [0.29, 0.717) is 12.3 Å². The summed E-state index contributed by atoms with van der Waals surface area (Å²) in [5, 5.41) is 0. The van der Waals surface area contributed by atoms with E-state index in [1.165, 1.54) is 6.08 Å². The van der Waals surface area contributed by atoms with Gasteiger partial charge in [-0.2, -0.15) is 4.99 Å². The van der Waals surface area contributed by atoms with Crippen LogP contribution in [0.25, 0.3) is 0 Å². The molecule has 1 aromatic rings. The molecule has 2 rings (SSSR count). The third-order valence-corrected chi connectivity index (χ3v) is 2.79. The van der Waals surface area contributed by atoms with E-state index in [9.17, 15) is 4.79 Å². The Kier molecular flexibility index (Phi) is 4.90. The Morgan fingerprint density at radius 3 is 2.67 bits per heavy atom. The molecule has 1 aliphatic rings. The summed E-state index contributed by atoms with van der Waals surface area (Å²) in [6.45, 7) is 5.09. The number of ether oxygens (including phenoxy) is 2. The highest BCUT2D eigenvalue weighted by atomic mass is 16.5. The van der Waals surface area contributed by atoms with Crippen LogP contribution in [0.5, 0.6) is 5.75 Å². The van der Waals surface area contributed by atoms with Crippen LogP contribution in [0.3, 0.4) is 0 Å². The Hall–Kier alpha value is -1.68. The van der Waals surface area contributed by atoms with Gasteiger partial charge in [0.05, 0.1) is 18.9 Å². The molecule has 0 bridgehead atoms. The van der Waals surface area contributed by atoms with Gasteiger partial charge < -0.3 is 9.47 Å². The van der Waals surface area contributed by atoms with Gasteiger partial charge in [0.25, 0.3) is 0 Å². The summed E-state index contributed by atoms with van der Waals surface area (Å²) in [6, 6.07) is 7.06. The number of isocyanates is 1. The highest BCUT2D eigenvalue weighted by Gasteiger charge is 2.09. The molecule has 0 saturated carbocycles. The zero-order chi connectivity index (χ0) is 12.6. The molecule has 1 aromatic carbocycles. The maximum Gasteiger partial charge on any atom is 0.240 e. The quantitative estimate of drug-likeness (QED) is 0.583. The van der Waals surface area contributed by atoms with Crippen molar-refractivity contribution < 1.29 is 14.3 Å². The number of benzene rings is 1. The van der Waals surface area contributed by atoms with E-state index in [1.54, 1.807) is 24.3 Å². The summed E-state index contributed by atoms with van der Waals surface area (Å²) in [5.41, 5.74) is 0.588. The van der Waals surface area contributed by atoms with Gasteiger partial charge in [0.2, 0.25) is 6.08 Å². The molecule has 5 nitrogen and oxygen atoms in total. The van der Waals surface area contributed by atoms with Crippen molar-refractivity contribution in [2.45, 2.75) is 0 Å². The van der Waals surface area contributed by atoms with E-state index < -0.39 is 0 Å². The van der Waals surface area contributed by atoms with Gasteiger partial charge in [-0.15, -0.1) is 0 Å². The Morgan fingerprint density at radius 2 is 2.00 bits per heavy atom. The molecule has 0 atom stereocenters. The molecular weight excluding hydrogens is 232 g/mol. The average molecular weight is 248 g/mol. The topological polar surface area (TPSA) is 51.1 Å². The highest BCUT2D eigenvalue weighted by molar-refractivity contribution is 5.49. The number of aliphatic imine (C=N–C) groups is 1. The maximum atomic E-state index is 10.1. The molecule has 1 saturated heterocycles. The molecule has 0 N–H and O–H groups in total. The van der Waals surface area contributed by atoms with Gasteiger partial charge in [0.15, 0.2) is 0 Å². The van der Waals surface area contributed by atoms with Crippen molar-refractivity contribution >= 4 is 11.8 Å². The molecule has 96 valence electrons. The molecular formula is C13H16N2O3. The Balaban J connectivity index is 1.74. The summed E-state index contributed by atoms with van der Waals surface area (Å²) in [5.74, 6) is 0.785. The first-order chi connectivity index (χ1) is 8.88. The van der Waals surface area contributed by atoms with Gasteiger partial charge >= 0.3 is 0 Å². The van der Waals surface area contributed by atoms with Crippen molar-refractivity contribution in [3.8, 4) is 5.75 Å². The van der Waals surface area contributed by atoms with Crippen molar-refractivity contribution in [2.75, 3.05) is 39.5 Å². The van der Waals surface area contributed by atoms with Crippen molar-refractivity contribution in [2.24, 2.45) is 4.99 Å². The third-order valence-electron chi connectivity index (χ3n) is 2.79. The standard InChI is InChI=1S/C13H16N2O3/c16-11-14-12-1-3-13(4-2-12)18-10-7-15-5-8-17-9-6-15/h1-4H,5-10H2. The van der Waals surface area contributed by atoms with Gasteiger partial charge in [-0.05, 0) is 24.3 Å². The van der Waals surface area contributed by atoms with E-state index >= 15 is 0 Å². The van der Waals surface area contributed by atoms with Gasteiger partial charge in [0, 0.05) is 19.6 Å². The number of hydrogen-bond donors (Lipinski definition) is 0. The molecule has 1 heterocycles. The van der Waals surface area contributed by atoms with Crippen molar-refractivity contribution in [1.29, 1.82) is 0 Å². The number of morpholine rings is 1. The van der Waals surface area contributed by atoms with Crippen molar-refractivity contribution in [1.82, 2.24) is 4.90 Å². The van der Waals surface area contributed by atoms with Crippen LogP contribution >= 0.6 is 0 Å². The minimum absolute atomic E-state index is 0.588. The lowest BCUT2D eigenvalue weighted by atomic mass is 10.3. The van der Waals surface area contributed by atoms with Crippen LogP contribution in [-0.4, -0.2) is 50.4 Å². The van der Waals surface area contributed by atoms with Crippen LogP contribution in [0.1, 0.15) is 0 Å². The number of nitrogens with zero attached hydrogens (tertiary/aromatic N) is 2. The van der Waals surface area contributed by atoms with Crippen LogP contribution < -0.4 is 4.74 Å². The lowest BCUT2D eigenvalue weighted by Gasteiger charge is -2.26. The van der Waals surface area contributed by atoms with E-state index in [4.69, 9.17) is 9.47 Å². The van der Waals surface area contributed by atoms with Gasteiger partial charge in [-0.25, -0.2) is 4.79 Å². The zero-order valence-corrected chi connectivity index (χ0v) is 10.2. The number of hydrogen-bond acceptors (Lipinski definition) is 5. The Morgan fingerprint density at radius 1 is 1.28 bits per heavy atom. The fourth-order valence-electron chi connectivity index (χ4n) is 1.79. The van der Waals surface area contributed by atoms with E-state index in [0.717, 1.165) is 38.6 Å². The molecule has 1 fully saturated rings. The second-order valence-corrected chi connectivity index (χ2v) is 4.00. The summed E-state index contributed by atoms with van der Waals surface area (Å²) in [7, 11) is 0.